The van der Waals surface area contributed by atoms with Crippen LogP contribution in [0.2, 0.25) is 5.02 Å². The lowest BCUT2D eigenvalue weighted by atomic mass is 10.0. The van der Waals surface area contributed by atoms with E-state index >= 15 is 0 Å². The van der Waals surface area contributed by atoms with Gasteiger partial charge in [-0.1, -0.05) is 17.7 Å². The molecule has 2 unspecified atom stereocenters. The van der Waals surface area contributed by atoms with Crippen LogP contribution in [0.5, 0.6) is 0 Å². The summed E-state index contributed by atoms with van der Waals surface area (Å²) in [6.45, 7) is 0. The zero-order valence-corrected chi connectivity index (χ0v) is 10.5. The second-order valence-corrected chi connectivity index (χ2v) is 4.92. The van der Waals surface area contributed by atoms with Gasteiger partial charge in [0.25, 0.3) is 0 Å². The van der Waals surface area contributed by atoms with Crippen molar-refractivity contribution in [2.75, 3.05) is 7.11 Å². The van der Waals surface area contributed by atoms with E-state index in [1.807, 2.05) is 0 Å². The fraction of sp³-hybridized carbons (Fsp3) is 0.538. The van der Waals surface area contributed by atoms with E-state index in [2.05, 4.69) is 0 Å². The lowest BCUT2D eigenvalue weighted by Crippen LogP contribution is -2.32. The lowest BCUT2D eigenvalue weighted by molar-refractivity contribution is -0.0240. The summed E-state index contributed by atoms with van der Waals surface area (Å²) in [4.78, 5) is 0. The minimum atomic E-state index is -0.707. The van der Waals surface area contributed by atoms with Gasteiger partial charge in [0.1, 0.15) is 5.82 Å². The lowest BCUT2D eigenvalue weighted by Gasteiger charge is -2.21. The summed E-state index contributed by atoms with van der Waals surface area (Å²) < 4.78 is 18.8. The van der Waals surface area contributed by atoms with Gasteiger partial charge in [-0.15, -0.1) is 0 Å². The third-order valence-electron chi connectivity index (χ3n) is 3.21. The van der Waals surface area contributed by atoms with E-state index in [1.54, 1.807) is 19.2 Å². The normalized spacial score (nSPS) is 19.1. The van der Waals surface area contributed by atoms with E-state index in [4.69, 9.17) is 16.3 Å². The summed E-state index contributed by atoms with van der Waals surface area (Å²) in [5.74, 6) is 0.0303. The molecular weight excluding hydrogens is 243 g/mol. The summed E-state index contributed by atoms with van der Waals surface area (Å²) in [5.41, 5.74) is 0.365. The average Bonchev–Trinajstić information content (AvgIpc) is 3.09. The molecule has 0 heterocycles. The third-order valence-corrected chi connectivity index (χ3v) is 3.57. The Morgan fingerprint density at radius 1 is 1.53 bits per heavy atom. The van der Waals surface area contributed by atoms with Crippen molar-refractivity contribution in [2.45, 2.75) is 31.5 Å². The molecule has 2 atom stereocenters. The third kappa shape index (κ3) is 2.97. The molecule has 1 aromatic rings. The van der Waals surface area contributed by atoms with E-state index < -0.39 is 6.10 Å². The summed E-state index contributed by atoms with van der Waals surface area (Å²) in [6, 6.07) is 4.54. The number of halogens is 2. The molecule has 1 aliphatic rings. The molecule has 0 amide bonds. The number of aliphatic hydroxyl groups excluding tert-OH is 1. The van der Waals surface area contributed by atoms with Gasteiger partial charge in [0.05, 0.1) is 12.2 Å². The van der Waals surface area contributed by atoms with Crippen molar-refractivity contribution < 1.29 is 14.2 Å². The Balaban J connectivity index is 2.08. The number of hydrogen-bond donors (Lipinski definition) is 1. The second kappa shape index (κ2) is 5.34. The fourth-order valence-electron chi connectivity index (χ4n) is 2.14. The highest BCUT2D eigenvalue weighted by Gasteiger charge is 2.36. The molecule has 0 radical (unpaired) electrons. The molecule has 0 spiro atoms. The van der Waals surface area contributed by atoms with Crippen LogP contribution in [0.15, 0.2) is 18.2 Å². The van der Waals surface area contributed by atoms with Crippen molar-refractivity contribution in [3.8, 4) is 0 Å². The summed E-state index contributed by atoms with van der Waals surface area (Å²) in [7, 11) is 1.58. The maximum Gasteiger partial charge on any atom is 0.127 e. The van der Waals surface area contributed by atoms with E-state index in [0.717, 1.165) is 12.8 Å². The van der Waals surface area contributed by atoms with Crippen LogP contribution in [0.1, 0.15) is 18.4 Å². The fourth-order valence-corrected chi connectivity index (χ4v) is 2.38. The first-order chi connectivity index (χ1) is 8.13. The quantitative estimate of drug-likeness (QED) is 0.880. The molecule has 0 aromatic heterocycles. The number of ether oxygens (including phenoxy) is 1. The molecule has 2 rings (SSSR count). The largest absolute Gasteiger partial charge is 0.390 e. The van der Waals surface area contributed by atoms with Crippen LogP contribution in [0.3, 0.4) is 0 Å². The summed E-state index contributed by atoms with van der Waals surface area (Å²) in [5, 5.41) is 10.4. The van der Waals surface area contributed by atoms with Gasteiger partial charge in [-0.05, 0) is 30.9 Å². The van der Waals surface area contributed by atoms with Gasteiger partial charge in [-0.2, -0.15) is 0 Å². The molecular formula is C13H16ClFO2. The van der Waals surface area contributed by atoms with Crippen LogP contribution in [0.4, 0.5) is 4.39 Å². The zero-order valence-electron chi connectivity index (χ0n) is 9.70. The topological polar surface area (TPSA) is 29.5 Å². The minimum Gasteiger partial charge on any atom is -0.390 e. The molecule has 0 bridgehead atoms. The van der Waals surface area contributed by atoms with Crippen LogP contribution in [0, 0.1) is 11.7 Å². The number of rotatable bonds is 5. The predicted octanol–water partition coefficient (Wildman–Crippen LogP) is 2.81. The smallest absolute Gasteiger partial charge is 0.127 e. The highest BCUT2D eigenvalue weighted by atomic mass is 35.5. The minimum absolute atomic E-state index is 0.195. The Bertz CT molecular complexity index is 373. The van der Waals surface area contributed by atoms with Gasteiger partial charge in [-0.3, -0.25) is 0 Å². The molecule has 0 saturated heterocycles. The Morgan fingerprint density at radius 2 is 2.24 bits per heavy atom. The summed E-state index contributed by atoms with van der Waals surface area (Å²) >= 11 is 5.92. The molecule has 1 aliphatic carbocycles. The average molecular weight is 259 g/mol. The molecule has 94 valence electrons. The van der Waals surface area contributed by atoms with E-state index in [0.29, 0.717) is 16.5 Å². The zero-order chi connectivity index (χ0) is 12.4. The molecule has 1 saturated carbocycles. The maximum absolute atomic E-state index is 13.6. The standard InChI is InChI=1S/C13H16ClFO2/c1-17-13(8-5-6-8)12(16)7-9-10(14)3-2-4-11(9)15/h2-4,8,12-13,16H,5-7H2,1H3. The highest BCUT2D eigenvalue weighted by Crippen LogP contribution is 2.36. The molecule has 1 fully saturated rings. The van der Waals surface area contributed by atoms with Crippen LogP contribution in [-0.2, 0) is 11.2 Å². The predicted molar refractivity (Wildman–Crippen MR) is 64.6 cm³/mol. The van der Waals surface area contributed by atoms with Crippen molar-refractivity contribution in [3.63, 3.8) is 0 Å². The first kappa shape index (κ1) is 12.8. The van der Waals surface area contributed by atoms with Gasteiger partial charge in [-0.25, -0.2) is 4.39 Å². The molecule has 0 aliphatic heterocycles. The molecule has 17 heavy (non-hydrogen) atoms. The van der Waals surface area contributed by atoms with Gasteiger partial charge in [0, 0.05) is 24.1 Å². The number of hydrogen-bond acceptors (Lipinski definition) is 2. The number of benzene rings is 1. The van der Waals surface area contributed by atoms with E-state index in [-0.39, 0.29) is 18.3 Å². The maximum atomic E-state index is 13.6. The molecule has 4 heteroatoms. The monoisotopic (exact) mass is 258 g/mol. The van der Waals surface area contributed by atoms with Crippen molar-refractivity contribution >= 4 is 11.6 Å². The molecule has 1 N–H and O–H groups in total. The Labute approximate surface area is 105 Å². The van der Waals surface area contributed by atoms with Crippen molar-refractivity contribution in [2.24, 2.45) is 5.92 Å². The van der Waals surface area contributed by atoms with Gasteiger partial charge >= 0.3 is 0 Å². The SMILES string of the molecule is COC(C(O)Cc1c(F)cccc1Cl)C1CC1. The van der Waals surface area contributed by atoms with Gasteiger partial charge in [0.15, 0.2) is 0 Å². The molecule has 1 aromatic carbocycles. The van der Waals surface area contributed by atoms with E-state index in [1.165, 1.54) is 6.07 Å². The van der Waals surface area contributed by atoms with E-state index in [9.17, 15) is 9.50 Å². The second-order valence-electron chi connectivity index (χ2n) is 4.51. The van der Waals surface area contributed by atoms with Crippen molar-refractivity contribution in [1.29, 1.82) is 0 Å². The van der Waals surface area contributed by atoms with Crippen molar-refractivity contribution in [1.82, 2.24) is 0 Å². The van der Waals surface area contributed by atoms with Crippen LogP contribution in [-0.4, -0.2) is 24.4 Å². The Kier molecular flexibility index (Phi) is 4.02. The van der Waals surface area contributed by atoms with Gasteiger partial charge < -0.3 is 9.84 Å². The Hall–Kier alpha value is -0.640. The van der Waals surface area contributed by atoms with Crippen LogP contribution >= 0.6 is 11.6 Å². The van der Waals surface area contributed by atoms with Crippen molar-refractivity contribution in [3.05, 3.63) is 34.6 Å². The highest BCUT2D eigenvalue weighted by molar-refractivity contribution is 6.31. The van der Waals surface area contributed by atoms with Crippen LogP contribution < -0.4 is 0 Å². The molecule has 2 nitrogen and oxygen atoms in total. The number of aliphatic hydroxyl groups is 1. The first-order valence-electron chi connectivity index (χ1n) is 5.77. The number of methoxy groups -OCH3 is 1. The van der Waals surface area contributed by atoms with Gasteiger partial charge in [0.2, 0.25) is 0 Å². The van der Waals surface area contributed by atoms with Crippen LogP contribution in [0.25, 0.3) is 0 Å². The first-order valence-corrected chi connectivity index (χ1v) is 6.15. The summed E-state index contributed by atoms with van der Waals surface area (Å²) in [6.07, 6.45) is 1.41. The Morgan fingerprint density at radius 3 is 2.76 bits per heavy atom.